The first-order valence-electron chi connectivity index (χ1n) is 19.2. The first-order chi connectivity index (χ1) is 21.6. The van der Waals surface area contributed by atoms with Crippen molar-refractivity contribution in [2.24, 2.45) is 17.8 Å². The highest BCUT2D eigenvalue weighted by Gasteiger charge is 2.31. The summed E-state index contributed by atoms with van der Waals surface area (Å²) < 4.78 is 21.5. The monoisotopic (exact) mass is 602 g/mol. The molecule has 5 rings (SSSR count). The Morgan fingerprint density at radius 2 is 1.16 bits per heavy atom. The summed E-state index contributed by atoms with van der Waals surface area (Å²) in [6.45, 7) is 5.43. The summed E-state index contributed by atoms with van der Waals surface area (Å²) >= 11 is 0. The minimum atomic E-state index is -0.0502. The Labute approximate surface area is 270 Å². The summed E-state index contributed by atoms with van der Waals surface area (Å²) in [5, 5.41) is 0. The standard InChI is InChI=1S/C42H63FO/c1-3-5-7-8-9-10-11-32-12-14-33(15-13-32)34-16-18-37(19-17-34)39-26-29-41(42(43)31-39)38-22-20-35(21-23-38)36-24-27-40(28-25-36)44-30-6-4-2/h20-23,26,29,31-34,36-37,40H,3-19,24-25,27-28,30H2,1-2H3. The molecule has 0 amide bonds. The summed E-state index contributed by atoms with van der Waals surface area (Å²) in [6.07, 6.45) is 28.6. The summed E-state index contributed by atoms with van der Waals surface area (Å²) in [5.41, 5.74) is 4.38. The molecule has 0 N–H and O–H groups in total. The number of halogens is 1. The lowest BCUT2D eigenvalue weighted by atomic mass is 9.68. The second kappa shape index (κ2) is 17.9. The second-order valence-corrected chi connectivity index (χ2v) is 15.0. The second-order valence-electron chi connectivity index (χ2n) is 15.0. The van der Waals surface area contributed by atoms with E-state index in [1.54, 1.807) is 0 Å². The van der Waals surface area contributed by atoms with Crippen molar-refractivity contribution in [1.82, 2.24) is 0 Å². The molecule has 0 atom stereocenters. The molecule has 2 heteroatoms. The van der Waals surface area contributed by atoms with Gasteiger partial charge in [-0.15, -0.1) is 0 Å². The number of benzene rings is 2. The fourth-order valence-electron chi connectivity index (χ4n) is 9.00. The third kappa shape index (κ3) is 9.67. The largest absolute Gasteiger partial charge is 0.378 e. The maximum absolute atomic E-state index is 15.5. The van der Waals surface area contributed by atoms with Crippen LogP contribution in [0.2, 0.25) is 0 Å². The summed E-state index contributed by atoms with van der Waals surface area (Å²) in [4.78, 5) is 0. The van der Waals surface area contributed by atoms with Crippen LogP contribution in [0.5, 0.6) is 0 Å². The Kier molecular flexibility index (Phi) is 13.7. The third-order valence-electron chi connectivity index (χ3n) is 12.0. The zero-order valence-electron chi connectivity index (χ0n) is 28.3. The van der Waals surface area contributed by atoms with E-state index in [0.717, 1.165) is 48.3 Å². The van der Waals surface area contributed by atoms with E-state index in [4.69, 9.17) is 4.74 Å². The molecular weight excluding hydrogens is 539 g/mol. The highest BCUT2D eigenvalue weighted by Crippen LogP contribution is 2.45. The van der Waals surface area contributed by atoms with Crippen LogP contribution in [0.1, 0.15) is 172 Å². The lowest BCUT2D eigenvalue weighted by Gasteiger charge is -2.38. The molecular formula is C42H63FO. The molecule has 3 aliphatic carbocycles. The lowest BCUT2D eigenvalue weighted by molar-refractivity contribution is 0.0232. The van der Waals surface area contributed by atoms with Crippen molar-refractivity contribution >= 4 is 0 Å². The molecule has 0 radical (unpaired) electrons. The molecule has 1 nitrogen and oxygen atoms in total. The predicted octanol–water partition coefficient (Wildman–Crippen LogP) is 13.2. The van der Waals surface area contributed by atoms with Gasteiger partial charge in [0.1, 0.15) is 5.82 Å². The molecule has 0 aliphatic heterocycles. The normalized spacial score (nSPS) is 27.8. The molecule has 2 aromatic rings. The smallest absolute Gasteiger partial charge is 0.131 e. The number of ether oxygens (including phenoxy) is 1. The Balaban J connectivity index is 1.04. The quantitative estimate of drug-likeness (QED) is 0.184. The van der Waals surface area contributed by atoms with Gasteiger partial charge in [0.15, 0.2) is 0 Å². The van der Waals surface area contributed by atoms with Gasteiger partial charge in [0.2, 0.25) is 0 Å². The van der Waals surface area contributed by atoms with E-state index < -0.39 is 0 Å². The van der Waals surface area contributed by atoms with Gasteiger partial charge in [-0.05, 0) is 123 Å². The van der Waals surface area contributed by atoms with Gasteiger partial charge in [-0.3, -0.25) is 0 Å². The minimum Gasteiger partial charge on any atom is -0.378 e. The number of hydrogen-bond donors (Lipinski definition) is 0. The van der Waals surface area contributed by atoms with Crippen molar-refractivity contribution in [2.45, 2.75) is 167 Å². The Morgan fingerprint density at radius 3 is 1.82 bits per heavy atom. The zero-order chi connectivity index (χ0) is 30.6. The van der Waals surface area contributed by atoms with Crippen molar-refractivity contribution in [3.05, 3.63) is 59.4 Å². The van der Waals surface area contributed by atoms with Crippen LogP contribution in [-0.4, -0.2) is 12.7 Å². The van der Waals surface area contributed by atoms with Crippen molar-refractivity contribution < 1.29 is 9.13 Å². The van der Waals surface area contributed by atoms with Crippen molar-refractivity contribution in [3.63, 3.8) is 0 Å². The molecule has 0 aromatic heterocycles. The van der Waals surface area contributed by atoms with Crippen LogP contribution in [0.3, 0.4) is 0 Å². The number of hydrogen-bond acceptors (Lipinski definition) is 1. The van der Waals surface area contributed by atoms with Gasteiger partial charge in [0, 0.05) is 12.2 Å². The van der Waals surface area contributed by atoms with Crippen LogP contribution in [0.15, 0.2) is 42.5 Å². The summed E-state index contributed by atoms with van der Waals surface area (Å²) in [7, 11) is 0. The van der Waals surface area contributed by atoms with Crippen LogP contribution in [0, 0.1) is 23.6 Å². The van der Waals surface area contributed by atoms with E-state index in [9.17, 15) is 0 Å². The average Bonchev–Trinajstić information content (AvgIpc) is 3.07. The predicted molar refractivity (Wildman–Crippen MR) is 186 cm³/mol. The van der Waals surface area contributed by atoms with Crippen LogP contribution >= 0.6 is 0 Å². The van der Waals surface area contributed by atoms with E-state index in [2.05, 4.69) is 50.2 Å². The van der Waals surface area contributed by atoms with Gasteiger partial charge in [-0.25, -0.2) is 4.39 Å². The molecule has 44 heavy (non-hydrogen) atoms. The third-order valence-corrected chi connectivity index (χ3v) is 12.0. The fourth-order valence-corrected chi connectivity index (χ4v) is 9.00. The Hall–Kier alpha value is -1.67. The van der Waals surface area contributed by atoms with E-state index in [-0.39, 0.29) is 5.82 Å². The SMILES string of the molecule is CCCCCCCCC1CCC(C2CCC(c3ccc(-c4ccc(C5CCC(OCCCC)CC5)cc4)c(F)c3)CC2)CC1. The zero-order valence-corrected chi connectivity index (χ0v) is 28.3. The van der Waals surface area contributed by atoms with Crippen molar-refractivity contribution in [3.8, 4) is 11.1 Å². The summed E-state index contributed by atoms with van der Waals surface area (Å²) in [5.74, 6) is 3.95. The maximum atomic E-state index is 15.5. The highest BCUT2D eigenvalue weighted by atomic mass is 19.1. The van der Waals surface area contributed by atoms with E-state index >= 15 is 4.39 Å². The van der Waals surface area contributed by atoms with Crippen molar-refractivity contribution in [1.29, 1.82) is 0 Å². The van der Waals surface area contributed by atoms with Crippen molar-refractivity contribution in [2.75, 3.05) is 6.61 Å². The van der Waals surface area contributed by atoms with E-state index in [1.807, 2.05) is 6.07 Å². The Bertz CT molecular complexity index is 1070. The van der Waals surface area contributed by atoms with Gasteiger partial charge < -0.3 is 4.74 Å². The van der Waals surface area contributed by atoms with Gasteiger partial charge in [-0.1, -0.05) is 114 Å². The van der Waals surface area contributed by atoms with Gasteiger partial charge in [0.05, 0.1) is 6.10 Å². The number of rotatable bonds is 15. The minimum absolute atomic E-state index is 0.0502. The first kappa shape index (κ1) is 33.7. The van der Waals surface area contributed by atoms with E-state index in [0.29, 0.717) is 17.9 Å². The molecule has 3 aliphatic rings. The molecule has 0 bridgehead atoms. The maximum Gasteiger partial charge on any atom is 0.131 e. The molecule has 3 fully saturated rings. The fraction of sp³-hybridized carbons (Fsp3) is 0.714. The molecule has 2 aromatic carbocycles. The van der Waals surface area contributed by atoms with Crippen LogP contribution in [0.4, 0.5) is 4.39 Å². The van der Waals surface area contributed by atoms with Crippen LogP contribution < -0.4 is 0 Å². The summed E-state index contributed by atoms with van der Waals surface area (Å²) in [6, 6.07) is 14.9. The van der Waals surface area contributed by atoms with Crippen LogP contribution in [-0.2, 0) is 4.74 Å². The Morgan fingerprint density at radius 1 is 0.591 bits per heavy atom. The molecule has 0 heterocycles. The van der Waals surface area contributed by atoms with Crippen LogP contribution in [0.25, 0.3) is 11.1 Å². The topological polar surface area (TPSA) is 9.23 Å². The molecule has 3 saturated carbocycles. The van der Waals surface area contributed by atoms with E-state index in [1.165, 1.54) is 133 Å². The lowest BCUT2D eigenvalue weighted by Crippen LogP contribution is -2.25. The van der Waals surface area contributed by atoms with Gasteiger partial charge in [0.25, 0.3) is 0 Å². The van der Waals surface area contributed by atoms with Gasteiger partial charge in [-0.2, -0.15) is 0 Å². The van der Waals surface area contributed by atoms with Gasteiger partial charge >= 0.3 is 0 Å². The highest BCUT2D eigenvalue weighted by molar-refractivity contribution is 5.65. The molecule has 0 unspecified atom stereocenters. The molecule has 0 spiro atoms. The molecule has 0 saturated heterocycles. The molecule has 244 valence electrons. The average molecular weight is 603 g/mol. The first-order valence-corrected chi connectivity index (χ1v) is 19.2. The number of unbranched alkanes of at least 4 members (excludes halogenated alkanes) is 6.